The van der Waals surface area contributed by atoms with Crippen molar-refractivity contribution in [3.63, 3.8) is 0 Å². The summed E-state index contributed by atoms with van der Waals surface area (Å²) in [5, 5.41) is 12.3. The van der Waals surface area contributed by atoms with E-state index in [2.05, 4.69) is 21.3 Å². The fourth-order valence-electron chi connectivity index (χ4n) is 2.25. The lowest BCUT2D eigenvalue weighted by Crippen LogP contribution is -2.45. The third kappa shape index (κ3) is 2.97. The highest BCUT2D eigenvalue weighted by atomic mass is 16.5. The zero-order chi connectivity index (χ0) is 12.8. The molecule has 0 spiro atoms. The SMILES string of the molecule is COc1ccc([C@@H](CC#N)N2CCNCC2)cn1. The van der Waals surface area contributed by atoms with E-state index in [1.165, 1.54) is 0 Å². The first-order chi connectivity index (χ1) is 8.85. The molecule has 1 aromatic rings. The summed E-state index contributed by atoms with van der Waals surface area (Å²) in [4.78, 5) is 6.56. The molecule has 1 fully saturated rings. The average Bonchev–Trinajstić information content (AvgIpc) is 2.46. The zero-order valence-electron chi connectivity index (χ0n) is 10.6. The topological polar surface area (TPSA) is 61.2 Å². The van der Waals surface area contributed by atoms with Gasteiger partial charge in [0.25, 0.3) is 0 Å². The maximum absolute atomic E-state index is 8.99. The number of nitrogens with zero attached hydrogens (tertiary/aromatic N) is 3. The molecule has 5 nitrogen and oxygen atoms in total. The number of pyridine rings is 1. The lowest BCUT2D eigenvalue weighted by molar-refractivity contribution is 0.175. The largest absolute Gasteiger partial charge is 0.481 e. The summed E-state index contributed by atoms with van der Waals surface area (Å²) in [6, 6.07) is 6.25. The Morgan fingerprint density at radius 3 is 2.83 bits per heavy atom. The minimum atomic E-state index is 0.135. The van der Waals surface area contributed by atoms with Crippen molar-refractivity contribution in [1.82, 2.24) is 15.2 Å². The molecule has 0 amide bonds. The number of piperazine rings is 1. The minimum absolute atomic E-state index is 0.135. The fraction of sp³-hybridized carbons (Fsp3) is 0.538. The number of nitriles is 1. The van der Waals surface area contributed by atoms with Crippen molar-refractivity contribution in [2.75, 3.05) is 33.3 Å². The van der Waals surface area contributed by atoms with Crippen LogP contribution in [-0.4, -0.2) is 43.2 Å². The molecule has 5 heteroatoms. The number of rotatable bonds is 4. The monoisotopic (exact) mass is 246 g/mol. The number of nitrogens with one attached hydrogen (secondary N) is 1. The molecular weight excluding hydrogens is 228 g/mol. The van der Waals surface area contributed by atoms with Crippen LogP contribution in [0.5, 0.6) is 5.88 Å². The summed E-state index contributed by atoms with van der Waals surface area (Å²) in [6.45, 7) is 3.90. The normalized spacial score (nSPS) is 18.0. The van der Waals surface area contributed by atoms with Gasteiger partial charge < -0.3 is 10.1 Å². The van der Waals surface area contributed by atoms with Gasteiger partial charge in [0.15, 0.2) is 0 Å². The summed E-state index contributed by atoms with van der Waals surface area (Å²) >= 11 is 0. The van der Waals surface area contributed by atoms with Gasteiger partial charge in [-0.1, -0.05) is 6.07 Å². The Balaban J connectivity index is 2.14. The van der Waals surface area contributed by atoms with Crippen LogP contribution < -0.4 is 10.1 Å². The molecule has 96 valence electrons. The van der Waals surface area contributed by atoms with E-state index < -0.39 is 0 Å². The lowest BCUT2D eigenvalue weighted by Gasteiger charge is -2.33. The Kier molecular flexibility index (Phi) is 4.51. The van der Waals surface area contributed by atoms with Gasteiger partial charge in [-0.3, -0.25) is 4.90 Å². The van der Waals surface area contributed by atoms with Gasteiger partial charge in [0, 0.05) is 44.5 Å². The summed E-state index contributed by atoms with van der Waals surface area (Å²) < 4.78 is 5.05. The van der Waals surface area contributed by atoms with Crippen LogP contribution in [0.4, 0.5) is 0 Å². The van der Waals surface area contributed by atoms with Gasteiger partial charge in [-0.05, 0) is 5.56 Å². The molecule has 2 heterocycles. The Bertz CT molecular complexity index is 406. The van der Waals surface area contributed by atoms with Gasteiger partial charge >= 0.3 is 0 Å². The van der Waals surface area contributed by atoms with Gasteiger partial charge in [-0.25, -0.2) is 4.98 Å². The van der Waals surface area contributed by atoms with Crippen LogP contribution in [0.15, 0.2) is 18.3 Å². The van der Waals surface area contributed by atoms with Crippen LogP contribution in [0.2, 0.25) is 0 Å². The predicted molar refractivity (Wildman–Crippen MR) is 68.2 cm³/mol. The molecule has 0 radical (unpaired) electrons. The second kappa shape index (κ2) is 6.34. The number of ether oxygens (including phenoxy) is 1. The van der Waals surface area contributed by atoms with E-state index in [9.17, 15) is 0 Å². The number of hydrogen-bond donors (Lipinski definition) is 1. The summed E-state index contributed by atoms with van der Waals surface area (Å²) in [5.41, 5.74) is 1.08. The highest BCUT2D eigenvalue weighted by Crippen LogP contribution is 2.24. The molecule has 0 unspecified atom stereocenters. The number of aromatic nitrogens is 1. The van der Waals surface area contributed by atoms with Crippen molar-refractivity contribution in [2.24, 2.45) is 0 Å². The van der Waals surface area contributed by atoms with Gasteiger partial charge in [0.05, 0.1) is 19.6 Å². The highest BCUT2D eigenvalue weighted by Gasteiger charge is 2.22. The lowest BCUT2D eigenvalue weighted by atomic mass is 10.0. The zero-order valence-corrected chi connectivity index (χ0v) is 10.6. The molecule has 1 aliphatic heterocycles. The van der Waals surface area contributed by atoms with E-state index in [-0.39, 0.29) is 6.04 Å². The third-order valence-electron chi connectivity index (χ3n) is 3.23. The molecule has 0 aliphatic carbocycles. The van der Waals surface area contributed by atoms with Crippen molar-refractivity contribution < 1.29 is 4.74 Å². The van der Waals surface area contributed by atoms with Crippen molar-refractivity contribution in [3.05, 3.63) is 23.9 Å². The molecule has 2 rings (SSSR count). The van der Waals surface area contributed by atoms with Gasteiger partial charge in [0.2, 0.25) is 5.88 Å². The van der Waals surface area contributed by atoms with Crippen LogP contribution >= 0.6 is 0 Å². The van der Waals surface area contributed by atoms with E-state index in [0.717, 1.165) is 31.7 Å². The Morgan fingerprint density at radius 2 is 2.28 bits per heavy atom. The minimum Gasteiger partial charge on any atom is -0.481 e. The number of hydrogen-bond acceptors (Lipinski definition) is 5. The Hall–Kier alpha value is -1.64. The van der Waals surface area contributed by atoms with Crippen LogP contribution in [0, 0.1) is 11.3 Å². The average molecular weight is 246 g/mol. The van der Waals surface area contributed by atoms with E-state index in [1.807, 2.05) is 18.3 Å². The summed E-state index contributed by atoms with van der Waals surface area (Å²) in [5.74, 6) is 0.606. The van der Waals surface area contributed by atoms with Crippen LogP contribution in [0.3, 0.4) is 0 Å². The molecule has 1 aliphatic rings. The first kappa shape index (κ1) is 12.8. The first-order valence-electron chi connectivity index (χ1n) is 6.17. The predicted octanol–water partition coefficient (Wildman–Crippen LogP) is 0.950. The fourth-order valence-corrected chi connectivity index (χ4v) is 2.25. The van der Waals surface area contributed by atoms with Gasteiger partial charge in [-0.2, -0.15) is 5.26 Å². The molecule has 0 saturated carbocycles. The van der Waals surface area contributed by atoms with Crippen molar-refractivity contribution in [1.29, 1.82) is 5.26 Å². The molecule has 18 heavy (non-hydrogen) atoms. The second-order valence-electron chi connectivity index (χ2n) is 4.30. The van der Waals surface area contributed by atoms with Gasteiger partial charge in [0.1, 0.15) is 0 Å². The van der Waals surface area contributed by atoms with Crippen molar-refractivity contribution in [3.8, 4) is 11.9 Å². The summed E-state index contributed by atoms with van der Waals surface area (Å²) in [6.07, 6.45) is 2.30. The molecular formula is C13H18N4O. The standard InChI is InChI=1S/C13H18N4O/c1-18-13-3-2-11(10-16-13)12(4-5-14)17-8-6-15-7-9-17/h2-3,10,12,15H,4,6-9H2,1H3/t12-/m1/s1. The smallest absolute Gasteiger partial charge is 0.212 e. The van der Waals surface area contributed by atoms with Crippen LogP contribution in [0.1, 0.15) is 18.0 Å². The van der Waals surface area contributed by atoms with E-state index >= 15 is 0 Å². The molecule has 0 bridgehead atoms. The maximum Gasteiger partial charge on any atom is 0.212 e. The molecule has 1 atom stereocenters. The Morgan fingerprint density at radius 1 is 1.50 bits per heavy atom. The maximum atomic E-state index is 8.99. The van der Waals surface area contributed by atoms with Crippen LogP contribution in [0.25, 0.3) is 0 Å². The molecule has 1 aromatic heterocycles. The first-order valence-corrected chi connectivity index (χ1v) is 6.17. The van der Waals surface area contributed by atoms with E-state index in [0.29, 0.717) is 12.3 Å². The van der Waals surface area contributed by atoms with Crippen molar-refractivity contribution >= 4 is 0 Å². The van der Waals surface area contributed by atoms with E-state index in [4.69, 9.17) is 10.00 Å². The molecule has 1 N–H and O–H groups in total. The molecule has 1 saturated heterocycles. The van der Waals surface area contributed by atoms with Crippen molar-refractivity contribution in [2.45, 2.75) is 12.5 Å². The number of methoxy groups -OCH3 is 1. The van der Waals surface area contributed by atoms with Gasteiger partial charge in [-0.15, -0.1) is 0 Å². The van der Waals surface area contributed by atoms with E-state index in [1.54, 1.807) is 7.11 Å². The van der Waals surface area contributed by atoms with Crippen LogP contribution in [-0.2, 0) is 0 Å². The highest BCUT2D eigenvalue weighted by molar-refractivity contribution is 5.22. The summed E-state index contributed by atoms with van der Waals surface area (Å²) in [7, 11) is 1.60. The quantitative estimate of drug-likeness (QED) is 0.857. The molecule has 0 aromatic carbocycles. The third-order valence-corrected chi connectivity index (χ3v) is 3.23. The Labute approximate surface area is 107 Å². The second-order valence-corrected chi connectivity index (χ2v) is 4.30.